The molecule has 34 heavy (non-hydrogen) atoms. The van der Waals surface area contributed by atoms with Crippen LogP contribution in [0, 0.1) is 0 Å². The number of rotatable bonds is 8. The first-order valence-electron chi connectivity index (χ1n) is 9.83. The second-order valence-corrected chi connectivity index (χ2v) is 7.19. The number of hydrazone groups is 1. The normalized spacial score (nSPS) is 10.6. The summed E-state index contributed by atoms with van der Waals surface area (Å²) >= 11 is 6.05. The summed E-state index contributed by atoms with van der Waals surface area (Å²) in [5.74, 6) is -1.95. The van der Waals surface area contributed by atoms with Crippen molar-refractivity contribution >= 4 is 41.3 Å². The molecule has 0 bridgehead atoms. The summed E-state index contributed by atoms with van der Waals surface area (Å²) in [6.07, 6.45) is 1.19. The van der Waals surface area contributed by atoms with E-state index in [-0.39, 0.29) is 28.2 Å². The van der Waals surface area contributed by atoms with Crippen molar-refractivity contribution in [2.75, 3.05) is 19.5 Å². The van der Waals surface area contributed by atoms with Gasteiger partial charge in [0.1, 0.15) is 5.56 Å². The maximum Gasteiger partial charge on any atom is 0.340 e. The number of amides is 2. The molecule has 0 saturated heterocycles. The van der Waals surface area contributed by atoms with Crippen LogP contribution in [0.4, 0.5) is 5.69 Å². The number of benzene rings is 3. The lowest BCUT2D eigenvalue weighted by Crippen LogP contribution is -2.19. The minimum absolute atomic E-state index is 0.0345. The third kappa shape index (κ3) is 5.51. The molecule has 9 nitrogen and oxygen atoms in total. The van der Waals surface area contributed by atoms with Crippen molar-refractivity contribution < 1.29 is 29.0 Å². The Morgan fingerprint density at radius 2 is 1.74 bits per heavy atom. The zero-order valence-corrected chi connectivity index (χ0v) is 18.9. The van der Waals surface area contributed by atoms with Crippen LogP contribution < -0.4 is 20.2 Å². The first-order chi connectivity index (χ1) is 16.3. The van der Waals surface area contributed by atoms with Gasteiger partial charge < -0.3 is 19.9 Å². The number of carboxylic acids is 1. The molecule has 0 fully saturated rings. The van der Waals surface area contributed by atoms with Crippen LogP contribution >= 0.6 is 11.6 Å². The number of hydrogen-bond donors (Lipinski definition) is 3. The minimum Gasteiger partial charge on any atom is -0.493 e. The highest BCUT2D eigenvalue weighted by Gasteiger charge is 2.20. The Balaban J connectivity index is 1.74. The second kappa shape index (κ2) is 11.0. The monoisotopic (exact) mass is 481 g/mol. The highest BCUT2D eigenvalue weighted by Crippen LogP contribution is 2.32. The third-order valence-corrected chi connectivity index (χ3v) is 4.99. The molecule has 0 aliphatic carbocycles. The average molecular weight is 482 g/mol. The number of anilines is 1. The van der Waals surface area contributed by atoms with Gasteiger partial charge in [-0.25, -0.2) is 10.2 Å². The smallest absolute Gasteiger partial charge is 0.340 e. The van der Waals surface area contributed by atoms with E-state index in [1.165, 1.54) is 44.7 Å². The van der Waals surface area contributed by atoms with E-state index in [1.807, 2.05) is 0 Å². The van der Waals surface area contributed by atoms with Gasteiger partial charge in [-0.1, -0.05) is 29.8 Å². The molecule has 0 radical (unpaired) electrons. The van der Waals surface area contributed by atoms with Gasteiger partial charge in [0.2, 0.25) is 0 Å². The van der Waals surface area contributed by atoms with Gasteiger partial charge in [0.25, 0.3) is 11.8 Å². The van der Waals surface area contributed by atoms with E-state index in [2.05, 4.69) is 15.8 Å². The Bertz CT molecular complexity index is 1280. The number of carboxylic acid groups (broad SMARTS) is 1. The predicted molar refractivity (Wildman–Crippen MR) is 127 cm³/mol. The molecule has 0 atom stereocenters. The van der Waals surface area contributed by atoms with E-state index in [9.17, 15) is 19.5 Å². The van der Waals surface area contributed by atoms with Crippen molar-refractivity contribution in [2.45, 2.75) is 0 Å². The summed E-state index contributed by atoms with van der Waals surface area (Å²) in [7, 11) is 2.72. The van der Waals surface area contributed by atoms with E-state index < -0.39 is 17.8 Å². The van der Waals surface area contributed by atoms with Gasteiger partial charge in [-0.2, -0.15) is 5.10 Å². The van der Waals surface area contributed by atoms with Gasteiger partial charge in [-0.05, 0) is 42.5 Å². The van der Waals surface area contributed by atoms with Gasteiger partial charge in [-0.3, -0.25) is 9.59 Å². The van der Waals surface area contributed by atoms with Gasteiger partial charge in [0.15, 0.2) is 11.5 Å². The number of carbonyl (C=O) groups excluding carboxylic acids is 2. The van der Waals surface area contributed by atoms with Crippen molar-refractivity contribution in [2.24, 2.45) is 5.10 Å². The molecule has 2 amide bonds. The van der Waals surface area contributed by atoms with Crippen LogP contribution in [0.3, 0.4) is 0 Å². The third-order valence-electron chi connectivity index (χ3n) is 4.66. The number of methoxy groups -OCH3 is 2. The van der Waals surface area contributed by atoms with E-state index >= 15 is 0 Å². The van der Waals surface area contributed by atoms with Crippen LogP contribution in [-0.4, -0.2) is 43.3 Å². The molecule has 0 unspecified atom stereocenters. The van der Waals surface area contributed by atoms with Crippen LogP contribution in [0.25, 0.3) is 0 Å². The summed E-state index contributed by atoms with van der Waals surface area (Å²) in [5, 5.41) is 16.4. The summed E-state index contributed by atoms with van der Waals surface area (Å²) in [6, 6.07) is 15.8. The van der Waals surface area contributed by atoms with Gasteiger partial charge in [-0.15, -0.1) is 0 Å². The minimum atomic E-state index is -1.24. The van der Waals surface area contributed by atoms with Crippen LogP contribution in [0.2, 0.25) is 5.02 Å². The summed E-state index contributed by atoms with van der Waals surface area (Å²) in [6.45, 7) is 0. The molecule has 0 aliphatic heterocycles. The maximum atomic E-state index is 12.5. The summed E-state index contributed by atoms with van der Waals surface area (Å²) in [4.78, 5) is 36.7. The van der Waals surface area contributed by atoms with Crippen molar-refractivity contribution in [3.8, 4) is 11.5 Å². The number of aromatic carboxylic acids is 1. The Kier molecular flexibility index (Phi) is 7.83. The lowest BCUT2D eigenvalue weighted by molar-refractivity contribution is 0.0692. The first-order valence-corrected chi connectivity index (χ1v) is 10.2. The molecule has 3 N–H and O–H groups in total. The average Bonchev–Trinajstić information content (AvgIpc) is 2.83. The fourth-order valence-electron chi connectivity index (χ4n) is 3.08. The molecule has 0 spiro atoms. The maximum absolute atomic E-state index is 12.5. The molecule has 0 aliphatic rings. The first kappa shape index (κ1) is 24.3. The van der Waals surface area contributed by atoms with Gasteiger partial charge >= 0.3 is 5.97 Å². The Morgan fingerprint density at radius 1 is 0.971 bits per heavy atom. The van der Waals surface area contributed by atoms with E-state index in [4.69, 9.17) is 21.1 Å². The van der Waals surface area contributed by atoms with Gasteiger partial charge in [0.05, 0.1) is 31.0 Å². The van der Waals surface area contributed by atoms with Crippen LogP contribution in [0.15, 0.2) is 65.8 Å². The number of hydrogen-bond acceptors (Lipinski definition) is 6. The number of ether oxygens (including phenoxy) is 2. The van der Waals surface area contributed by atoms with Crippen molar-refractivity contribution in [3.05, 3.63) is 87.9 Å². The van der Waals surface area contributed by atoms with Crippen LogP contribution in [0.1, 0.15) is 36.6 Å². The van der Waals surface area contributed by atoms with E-state index in [0.29, 0.717) is 16.3 Å². The summed E-state index contributed by atoms with van der Waals surface area (Å²) < 4.78 is 10.3. The molecular formula is C24H20ClN3O6. The number of carbonyl (C=O) groups is 3. The molecule has 10 heteroatoms. The Morgan fingerprint density at radius 3 is 2.41 bits per heavy atom. The zero-order valence-electron chi connectivity index (χ0n) is 18.2. The lowest BCUT2D eigenvalue weighted by atomic mass is 10.1. The molecule has 3 aromatic carbocycles. The van der Waals surface area contributed by atoms with Crippen LogP contribution in [-0.2, 0) is 0 Å². The van der Waals surface area contributed by atoms with Crippen molar-refractivity contribution in [1.82, 2.24) is 5.43 Å². The standard InChI is InChI=1S/C24H20ClN3O6/c1-33-19-11-10-15(20(24(31)32)21(19)34-2)13-26-28-22(29)14-6-5-7-16(12-14)27-23(30)17-8-3-4-9-18(17)25/h3-13H,1-2H3,(H,27,30)(H,28,29)(H,31,32)/b26-13-. The molecule has 0 heterocycles. The van der Waals surface area contributed by atoms with E-state index in [1.54, 1.807) is 36.4 Å². The SMILES string of the molecule is COc1ccc(/C=N\NC(=O)c2cccc(NC(=O)c3ccccc3Cl)c2)c(C(=O)O)c1OC. The topological polar surface area (TPSA) is 126 Å². The number of nitrogens with zero attached hydrogens (tertiary/aromatic N) is 1. The second-order valence-electron chi connectivity index (χ2n) is 6.78. The fraction of sp³-hybridized carbons (Fsp3) is 0.0833. The Hall–Kier alpha value is -4.37. The highest BCUT2D eigenvalue weighted by molar-refractivity contribution is 6.34. The van der Waals surface area contributed by atoms with Crippen molar-refractivity contribution in [3.63, 3.8) is 0 Å². The van der Waals surface area contributed by atoms with Crippen molar-refractivity contribution in [1.29, 1.82) is 0 Å². The molecule has 3 aromatic rings. The predicted octanol–water partition coefficient (Wildman–Crippen LogP) is 4.07. The van der Waals surface area contributed by atoms with E-state index in [0.717, 1.165) is 0 Å². The lowest BCUT2D eigenvalue weighted by Gasteiger charge is -2.12. The molecule has 0 saturated carbocycles. The molecule has 174 valence electrons. The summed E-state index contributed by atoms with van der Waals surface area (Å²) in [5.41, 5.74) is 3.27. The Labute approximate surface area is 200 Å². The zero-order chi connectivity index (χ0) is 24.7. The molecule has 0 aromatic heterocycles. The molecular weight excluding hydrogens is 462 g/mol. The largest absolute Gasteiger partial charge is 0.493 e. The highest BCUT2D eigenvalue weighted by atomic mass is 35.5. The van der Waals surface area contributed by atoms with Gasteiger partial charge in [0, 0.05) is 16.8 Å². The quantitative estimate of drug-likeness (QED) is 0.329. The molecule has 3 rings (SSSR count). The number of nitrogens with one attached hydrogen (secondary N) is 2. The number of halogens is 1. The fourth-order valence-corrected chi connectivity index (χ4v) is 3.30. The van der Waals surface area contributed by atoms with Crippen LogP contribution in [0.5, 0.6) is 11.5 Å².